The van der Waals surface area contributed by atoms with Crippen molar-refractivity contribution in [2.75, 3.05) is 6.54 Å². The monoisotopic (exact) mass is 459 g/mol. The van der Waals surface area contributed by atoms with Gasteiger partial charge in [-0.25, -0.2) is 0 Å². The van der Waals surface area contributed by atoms with Crippen LogP contribution in [-0.4, -0.2) is 23.7 Å². The number of hydrogen-bond acceptors (Lipinski definition) is 2. The van der Waals surface area contributed by atoms with Crippen LogP contribution in [0.15, 0.2) is 0 Å². The van der Waals surface area contributed by atoms with Crippen molar-refractivity contribution in [3.8, 4) is 0 Å². The van der Waals surface area contributed by atoms with E-state index in [9.17, 15) is 4.79 Å². The van der Waals surface area contributed by atoms with Crippen LogP contribution in [0.4, 0.5) is 0 Å². The van der Waals surface area contributed by atoms with E-state index in [1.807, 2.05) is 0 Å². The van der Waals surface area contributed by atoms with Gasteiger partial charge in [-0.15, -0.1) is 0 Å². The van der Waals surface area contributed by atoms with Gasteiger partial charge in [0.05, 0.1) is 6.42 Å². The van der Waals surface area contributed by atoms with Crippen molar-refractivity contribution in [1.82, 2.24) is 5.32 Å². The number of carbonyl (C=O) groups is 1. The second-order valence-corrected chi connectivity index (χ2v) is 13.1. The van der Waals surface area contributed by atoms with E-state index >= 15 is 0 Å². The quantitative estimate of drug-likeness (QED) is 0.309. The lowest BCUT2D eigenvalue weighted by molar-refractivity contribution is -0.137. The number of carboxylic acid groups (broad SMARTS) is 1. The Morgan fingerprint density at radius 1 is 0.879 bits per heavy atom. The van der Waals surface area contributed by atoms with Crippen LogP contribution in [0.2, 0.25) is 0 Å². The fourth-order valence-corrected chi connectivity index (χ4v) is 9.58. The van der Waals surface area contributed by atoms with Gasteiger partial charge in [0.25, 0.3) is 0 Å². The SMILES string of the molecule is CCCCCCCC[C@H]1CC[C@H]2[C@@H]3CC[C@H]4C[C@H](NCCC(=O)O)CC[C@]4(C)[C@H]3CC[C@]12C. The zero-order chi connectivity index (χ0) is 23.5. The lowest BCUT2D eigenvalue weighted by Crippen LogP contribution is -2.55. The van der Waals surface area contributed by atoms with Gasteiger partial charge in [0.2, 0.25) is 0 Å². The van der Waals surface area contributed by atoms with Crippen LogP contribution in [0.3, 0.4) is 0 Å². The summed E-state index contributed by atoms with van der Waals surface area (Å²) in [6.45, 7) is 8.32. The van der Waals surface area contributed by atoms with Crippen LogP contribution in [0.5, 0.6) is 0 Å². The second kappa shape index (κ2) is 11.0. The topological polar surface area (TPSA) is 49.3 Å². The molecule has 4 fully saturated rings. The summed E-state index contributed by atoms with van der Waals surface area (Å²) in [5.74, 6) is 4.08. The Bertz CT molecular complexity index is 649. The highest BCUT2D eigenvalue weighted by molar-refractivity contribution is 5.66. The number of unbranched alkanes of at least 4 members (excludes halogenated alkanes) is 5. The largest absolute Gasteiger partial charge is 0.481 e. The van der Waals surface area contributed by atoms with Gasteiger partial charge < -0.3 is 10.4 Å². The summed E-state index contributed by atoms with van der Waals surface area (Å²) >= 11 is 0. The number of hydrogen-bond donors (Lipinski definition) is 2. The molecule has 0 aromatic rings. The van der Waals surface area contributed by atoms with Gasteiger partial charge in [0.15, 0.2) is 0 Å². The number of fused-ring (bicyclic) bond motifs is 5. The van der Waals surface area contributed by atoms with Crippen molar-refractivity contribution in [1.29, 1.82) is 0 Å². The Morgan fingerprint density at radius 3 is 2.39 bits per heavy atom. The molecule has 0 radical (unpaired) electrons. The van der Waals surface area contributed by atoms with E-state index in [1.165, 1.54) is 103 Å². The Morgan fingerprint density at radius 2 is 1.61 bits per heavy atom. The zero-order valence-electron chi connectivity index (χ0n) is 22.0. The maximum atomic E-state index is 10.9. The van der Waals surface area contributed by atoms with E-state index < -0.39 is 5.97 Å². The average molecular weight is 460 g/mol. The number of nitrogens with one attached hydrogen (secondary N) is 1. The predicted octanol–water partition coefficient (Wildman–Crippen LogP) is 7.83. The highest BCUT2D eigenvalue weighted by atomic mass is 16.4. The summed E-state index contributed by atoms with van der Waals surface area (Å²) in [6, 6.07) is 0.543. The molecular weight excluding hydrogens is 406 g/mol. The Balaban J connectivity index is 1.31. The lowest BCUT2D eigenvalue weighted by atomic mass is 9.44. The van der Waals surface area contributed by atoms with Crippen molar-refractivity contribution < 1.29 is 9.90 Å². The molecule has 0 aromatic carbocycles. The average Bonchev–Trinajstić information content (AvgIpc) is 3.12. The minimum atomic E-state index is -0.680. The van der Waals surface area contributed by atoms with Crippen LogP contribution >= 0.6 is 0 Å². The van der Waals surface area contributed by atoms with Gasteiger partial charge in [0, 0.05) is 12.6 Å². The van der Waals surface area contributed by atoms with Crippen molar-refractivity contribution in [2.24, 2.45) is 40.4 Å². The van der Waals surface area contributed by atoms with Crippen LogP contribution in [0.25, 0.3) is 0 Å². The summed E-state index contributed by atoms with van der Waals surface area (Å²) in [6.07, 6.45) is 23.1. The van der Waals surface area contributed by atoms with E-state index in [-0.39, 0.29) is 6.42 Å². The molecule has 0 aromatic heterocycles. The Kier molecular flexibility index (Phi) is 8.51. The molecule has 2 N–H and O–H groups in total. The van der Waals surface area contributed by atoms with E-state index in [4.69, 9.17) is 5.11 Å². The molecule has 0 bridgehead atoms. The Hall–Kier alpha value is -0.570. The van der Waals surface area contributed by atoms with Crippen LogP contribution in [-0.2, 0) is 4.79 Å². The molecule has 4 rings (SSSR count). The smallest absolute Gasteiger partial charge is 0.304 e. The summed E-state index contributed by atoms with van der Waals surface area (Å²) in [5.41, 5.74) is 1.16. The lowest BCUT2D eigenvalue weighted by Gasteiger charge is -2.61. The fourth-order valence-electron chi connectivity index (χ4n) is 9.58. The minimum Gasteiger partial charge on any atom is -0.481 e. The third kappa shape index (κ3) is 5.34. The first-order valence-corrected chi connectivity index (χ1v) is 14.8. The highest BCUT2D eigenvalue weighted by Gasteiger charge is 2.59. The Labute approximate surface area is 204 Å². The molecule has 4 aliphatic carbocycles. The van der Waals surface area contributed by atoms with Gasteiger partial charge in [-0.05, 0) is 105 Å². The molecule has 4 aliphatic rings. The fraction of sp³-hybridized carbons (Fsp3) is 0.967. The molecule has 3 heteroatoms. The molecule has 3 nitrogen and oxygen atoms in total. The summed E-state index contributed by atoms with van der Waals surface area (Å²) in [7, 11) is 0. The van der Waals surface area contributed by atoms with Crippen molar-refractivity contribution in [2.45, 2.75) is 136 Å². The molecule has 8 atom stereocenters. The van der Waals surface area contributed by atoms with E-state index in [0.29, 0.717) is 23.4 Å². The molecule has 0 amide bonds. The number of aliphatic carboxylic acids is 1. The predicted molar refractivity (Wildman–Crippen MR) is 137 cm³/mol. The number of carboxylic acids is 1. The molecule has 0 saturated heterocycles. The molecule has 0 spiro atoms. The summed E-state index contributed by atoms with van der Waals surface area (Å²) in [4.78, 5) is 10.9. The molecule has 33 heavy (non-hydrogen) atoms. The molecule has 0 heterocycles. The normalized spacial score (nSPS) is 42.4. The zero-order valence-corrected chi connectivity index (χ0v) is 22.0. The van der Waals surface area contributed by atoms with Crippen molar-refractivity contribution >= 4 is 5.97 Å². The minimum absolute atomic E-state index is 0.253. The highest BCUT2D eigenvalue weighted by Crippen LogP contribution is 2.67. The van der Waals surface area contributed by atoms with Gasteiger partial charge in [-0.1, -0.05) is 59.3 Å². The number of rotatable bonds is 11. The summed E-state index contributed by atoms with van der Waals surface area (Å²) < 4.78 is 0. The molecule has 0 unspecified atom stereocenters. The summed E-state index contributed by atoms with van der Waals surface area (Å²) in [5, 5.41) is 12.5. The second-order valence-electron chi connectivity index (χ2n) is 13.1. The standard InChI is InChI=1S/C30H53NO2/c1-4-5-6-7-8-9-10-22-12-14-26-25-13-11-23-21-24(31-20-17-28(32)33)15-18-30(23,3)27(25)16-19-29(22,26)2/h22-27,31H,4-21H2,1-3H3,(H,32,33)/t22-,23-,24+,25-,26-,27-,29+,30-/m0/s1. The van der Waals surface area contributed by atoms with Gasteiger partial charge in [-0.3, -0.25) is 4.79 Å². The van der Waals surface area contributed by atoms with Gasteiger partial charge in [0.1, 0.15) is 0 Å². The maximum Gasteiger partial charge on any atom is 0.304 e. The van der Waals surface area contributed by atoms with Crippen LogP contribution in [0.1, 0.15) is 130 Å². The maximum absolute atomic E-state index is 10.9. The van der Waals surface area contributed by atoms with Crippen LogP contribution in [0, 0.1) is 40.4 Å². The van der Waals surface area contributed by atoms with Gasteiger partial charge in [-0.2, -0.15) is 0 Å². The first-order valence-electron chi connectivity index (χ1n) is 14.8. The van der Waals surface area contributed by atoms with Crippen molar-refractivity contribution in [3.05, 3.63) is 0 Å². The third-order valence-electron chi connectivity index (χ3n) is 11.5. The van der Waals surface area contributed by atoms with E-state index in [1.54, 1.807) is 0 Å². The molecule has 190 valence electrons. The van der Waals surface area contributed by atoms with Crippen molar-refractivity contribution in [3.63, 3.8) is 0 Å². The van der Waals surface area contributed by atoms with Crippen LogP contribution < -0.4 is 5.32 Å². The van der Waals surface area contributed by atoms with E-state index in [0.717, 1.165) is 29.6 Å². The first-order chi connectivity index (χ1) is 15.9. The molecule has 0 aliphatic heterocycles. The first kappa shape index (κ1) is 25.5. The molecular formula is C30H53NO2. The van der Waals surface area contributed by atoms with E-state index in [2.05, 4.69) is 26.1 Å². The third-order valence-corrected chi connectivity index (χ3v) is 11.5. The molecule has 4 saturated carbocycles. The van der Waals surface area contributed by atoms with Gasteiger partial charge >= 0.3 is 5.97 Å².